The number of aliphatic hydroxyl groups is 2. The molecule has 182 valence electrons. The second kappa shape index (κ2) is 11.6. The molecule has 0 amide bonds. The Morgan fingerprint density at radius 2 is 1.91 bits per heavy atom. The third-order valence-electron chi connectivity index (χ3n) is 8.41. The second-order valence-corrected chi connectivity index (χ2v) is 10.4. The number of pyridine rings is 1. The lowest BCUT2D eigenvalue weighted by atomic mass is 9.74. The summed E-state index contributed by atoms with van der Waals surface area (Å²) in [5.41, 5.74) is 3.04. The van der Waals surface area contributed by atoms with E-state index in [1.54, 1.807) is 13.3 Å². The molecule has 2 heterocycles. The Morgan fingerprint density at radius 1 is 1.12 bits per heavy atom. The van der Waals surface area contributed by atoms with Crippen LogP contribution in [0.3, 0.4) is 0 Å². The molecule has 2 aliphatic rings. The van der Waals surface area contributed by atoms with Crippen molar-refractivity contribution in [3.63, 3.8) is 0 Å². The molecule has 1 aliphatic heterocycles. The van der Waals surface area contributed by atoms with E-state index in [4.69, 9.17) is 4.74 Å². The van der Waals surface area contributed by atoms with Crippen LogP contribution in [0.1, 0.15) is 75.3 Å². The summed E-state index contributed by atoms with van der Waals surface area (Å²) in [5.74, 6) is 1.76. The van der Waals surface area contributed by atoms with E-state index in [0.717, 1.165) is 73.3 Å². The number of aryl methyl sites for hydroxylation is 1. The first-order valence-electron chi connectivity index (χ1n) is 13.0. The number of rotatable bonds is 10. The summed E-state index contributed by atoms with van der Waals surface area (Å²) in [6.07, 6.45) is 15.4. The van der Waals surface area contributed by atoms with Crippen molar-refractivity contribution < 1.29 is 14.9 Å². The molecular formula is C28H42N2O3. The predicted octanol–water partition coefficient (Wildman–Crippen LogP) is 5.10. The maximum Gasteiger partial charge on any atom is 0.119 e. The minimum Gasteiger partial charge on any atom is -0.497 e. The van der Waals surface area contributed by atoms with Gasteiger partial charge in [0.05, 0.1) is 19.2 Å². The van der Waals surface area contributed by atoms with Crippen LogP contribution in [0.5, 0.6) is 5.75 Å². The number of ether oxygens (including phenoxy) is 1. The summed E-state index contributed by atoms with van der Waals surface area (Å²) in [7, 11) is 1.68. The fourth-order valence-corrected chi connectivity index (χ4v) is 6.05. The number of hydrogen-bond donors (Lipinski definition) is 2. The van der Waals surface area contributed by atoms with Crippen LogP contribution in [0, 0.1) is 11.3 Å². The first-order valence-corrected chi connectivity index (χ1v) is 13.0. The standard InChI is InChI=1S/C28H42N2O3/c1-33-24-9-10-27-26(18-24)25(23(20-31)19-29-27)8-5-12-28(21-32)13-16-30(17-14-28)15-11-22-6-3-2-4-7-22/h9-10,18-19,22,31-32H,2-8,11-17,20-21H2,1H3. The molecule has 1 aliphatic carbocycles. The maximum atomic E-state index is 10.3. The Balaban J connectivity index is 1.33. The Bertz CT molecular complexity index is 881. The van der Waals surface area contributed by atoms with Crippen molar-refractivity contribution in [2.45, 2.75) is 77.2 Å². The van der Waals surface area contributed by atoms with Crippen LogP contribution in [0.4, 0.5) is 0 Å². The molecule has 4 rings (SSSR count). The van der Waals surface area contributed by atoms with Gasteiger partial charge in [-0.25, -0.2) is 0 Å². The third kappa shape index (κ3) is 6.06. The lowest BCUT2D eigenvalue weighted by Crippen LogP contribution is -2.42. The van der Waals surface area contributed by atoms with Crippen molar-refractivity contribution in [1.82, 2.24) is 9.88 Å². The summed E-state index contributed by atoms with van der Waals surface area (Å²) in [5, 5.41) is 21.3. The van der Waals surface area contributed by atoms with Crippen LogP contribution in [0.15, 0.2) is 24.4 Å². The van der Waals surface area contributed by atoms with Crippen LogP contribution in [0.2, 0.25) is 0 Å². The van der Waals surface area contributed by atoms with Crippen molar-refractivity contribution in [2.24, 2.45) is 11.3 Å². The lowest BCUT2D eigenvalue weighted by molar-refractivity contribution is 0.0333. The third-order valence-corrected chi connectivity index (χ3v) is 8.41. The molecule has 1 saturated heterocycles. The number of piperidine rings is 1. The fourth-order valence-electron chi connectivity index (χ4n) is 6.05. The first-order chi connectivity index (χ1) is 16.2. The molecule has 1 aromatic carbocycles. The topological polar surface area (TPSA) is 65.8 Å². The number of benzene rings is 1. The van der Waals surface area contributed by atoms with Gasteiger partial charge in [0.25, 0.3) is 0 Å². The number of hydrogen-bond acceptors (Lipinski definition) is 5. The Labute approximate surface area is 199 Å². The molecule has 0 spiro atoms. The van der Waals surface area contributed by atoms with Crippen molar-refractivity contribution >= 4 is 10.9 Å². The van der Waals surface area contributed by atoms with E-state index >= 15 is 0 Å². The van der Waals surface area contributed by atoms with Gasteiger partial charge in [-0.2, -0.15) is 0 Å². The molecule has 2 N–H and O–H groups in total. The monoisotopic (exact) mass is 454 g/mol. The highest BCUT2D eigenvalue weighted by Crippen LogP contribution is 2.37. The van der Waals surface area contributed by atoms with E-state index in [1.165, 1.54) is 50.6 Å². The number of aliphatic hydroxyl groups excluding tert-OH is 2. The number of aromatic nitrogens is 1. The van der Waals surface area contributed by atoms with Crippen LogP contribution < -0.4 is 4.74 Å². The van der Waals surface area contributed by atoms with Crippen molar-refractivity contribution in [2.75, 3.05) is 33.4 Å². The Kier molecular flexibility index (Phi) is 8.61. The van der Waals surface area contributed by atoms with E-state index in [1.807, 2.05) is 18.2 Å². The van der Waals surface area contributed by atoms with E-state index in [-0.39, 0.29) is 18.6 Å². The molecule has 2 aromatic rings. The Morgan fingerprint density at radius 3 is 2.61 bits per heavy atom. The van der Waals surface area contributed by atoms with Gasteiger partial charge >= 0.3 is 0 Å². The van der Waals surface area contributed by atoms with E-state index < -0.39 is 0 Å². The molecule has 33 heavy (non-hydrogen) atoms. The number of fused-ring (bicyclic) bond motifs is 1. The minimum atomic E-state index is -0.00339. The molecule has 1 saturated carbocycles. The van der Waals surface area contributed by atoms with Gasteiger partial charge in [-0.05, 0) is 98.8 Å². The first kappa shape index (κ1) is 24.4. The van der Waals surface area contributed by atoms with Crippen LogP contribution >= 0.6 is 0 Å². The van der Waals surface area contributed by atoms with Crippen LogP contribution in [-0.4, -0.2) is 53.4 Å². The molecule has 0 unspecified atom stereocenters. The number of nitrogens with zero attached hydrogens (tertiary/aromatic N) is 2. The average molecular weight is 455 g/mol. The lowest BCUT2D eigenvalue weighted by Gasteiger charge is -2.41. The Hall–Kier alpha value is -1.69. The fraction of sp³-hybridized carbons (Fsp3) is 0.679. The summed E-state index contributed by atoms with van der Waals surface area (Å²) >= 11 is 0. The van der Waals surface area contributed by atoms with Gasteiger partial charge in [-0.15, -0.1) is 0 Å². The van der Waals surface area contributed by atoms with Crippen LogP contribution in [-0.2, 0) is 13.0 Å². The highest BCUT2D eigenvalue weighted by atomic mass is 16.5. The smallest absolute Gasteiger partial charge is 0.119 e. The zero-order valence-electron chi connectivity index (χ0n) is 20.4. The summed E-state index contributed by atoms with van der Waals surface area (Å²) in [4.78, 5) is 7.15. The van der Waals surface area contributed by atoms with Crippen LogP contribution in [0.25, 0.3) is 10.9 Å². The maximum absolute atomic E-state index is 10.3. The van der Waals surface area contributed by atoms with Crippen molar-refractivity contribution in [3.05, 3.63) is 35.5 Å². The van der Waals surface area contributed by atoms with E-state index in [9.17, 15) is 10.2 Å². The van der Waals surface area contributed by atoms with E-state index in [2.05, 4.69) is 9.88 Å². The van der Waals surface area contributed by atoms with Gasteiger partial charge in [0, 0.05) is 18.2 Å². The molecule has 5 heteroatoms. The molecule has 0 bridgehead atoms. The van der Waals surface area contributed by atoms with Gasteiger partial charge in [0.1, 0.15) is 5.75 Å². The normalized spacial score (nSPS) is 19.7. The minimum absolute atomic E-state index is 0.00339. The van der Waals surface area contributed by atoms with E-state index in [0.29, 0.717) is 0 Å². The summed E-state index contributed by atoms with van der Waals surface area (Å²) in [6.45, 7) is 3.74. The van der Waals surface area contributed by atoms with Gasteiger partial charge < -0.3 is 19.8 Å². The quantitative estimate of drug-likeness (QED) is 0.523. The van der Waals surface area contributed by atoms with Gasteiger partial charge in [0.2, 0.25) is 0 Å². The molecule has 1 aromatic heterocycles. The highest BCUT2D eigenvalue weighted by Gasteiger charge is 2.33. The zero-order chi connectivity index (χ0) is 23.1. The van der Waals surface area contributed by atoms with Crippen molar-refractivity contribution in [1.29, 1.82) is 0 Å². The summed E-state index contributed by atoms with van der Waals surface area (Å²) < 4.78 is 5.42. The number of methoxy groups -OCH3 is 1. The summed E-state index contributed by atoms with van der Waals surface area (Å²) in [6, 6.07) is 5.95. The largest absolute Gasteiger partial charge is 0.497 e. The van der Waals surface area contributed by atoms with Gasteiger partial charge in [0.15, 0.2) is 0 Å². The zero-order valence-corrected chi connectivity index (χ0v) is 20.4. The highest BCUT2D eigenvalue weighted by molar-refractivity contribution is 5.84. The second-order valence-electron chi connectivity index (χ2n) is 10.4. The SMILES string of the molecule is COc1ccc2ncc(CO)c(CCCC3(CO)CCN(CCC4CCCCC4)CC3)c2c1. The van der Waals surface area contributed by atoms with Crippen molar-refractivity contribution in [3.8, 4) is 5.75 Å². The molecule has 2 fully saturated rings. The molecule has 5 nitrogen and oxygen atoms in total. The predicted molar refractivity (Wildman–Crippen MR) is 134 cm³/mol. The molecule has 0 atom stereocenters. The van der Waals surface area contributed by atoms with Gasteiger partial charge in [-0.3, -0.25) is 4.98 Å². The number of likely N-dealkylation sites (tertiary alicyclic amines) is 1. The average Bonchev–Trinajstić information content (AvgIpc) is 2.88. The van der Waals surface area contributed by atoms with Gasteiger partial charge in [-0.1, -0.05) is 32.1 Å². The molecular weight excluding hydrogens is 412 g/mol. The molecule has 0 radical (unpaired) electrons.